The summed E-state index contributed by atoms with van der Waals surface area (Å²) in [6, 6.07) is 0. The zero-order valence-corrected chi connectivity index (χ0v) is 11.2. The molecule has 0 radical (unpaired) electrons. The second-order valence-corrected chi connectivity index (χ2v) is 6.40. The third-order valence-corrected chi connectivity index (χ3v) is 5.02. The van der Waals surface area contributed by atoms with Gasteiger partial charge < -0.3 is 15.6 Å². The van der Waals surface area contributed by atoms with Gasteiger partial charge in [-0.3, -0.25) is 0 Å². The monoisotopic (exact) mass is 241 g/mol. The van der Waals surface area contributed by atoms with E-state index in [1.165, 1.54) is 6.42 Å². The van der Waals surface area contributed by atoms with E-state index >= 15 is 0 Å². The summed E-state index contributed by atoms with van der Waals surface area (Å²) < 4.78 is 5.38. The van der Waals surface area contributed by atoms with Crippen molar-refractivity contribution in [3.63, 3.8) is 0 Å². The molecule has 0 amide bonds. The zero-order valence-electron chi connectivity index (χ0n) is 11.2. The fourth-order valence-corrected chi connectivity index (χ4v) is 3.52. The average Bonchev–Trinajstić information content (AvgIpc) is 2.30. The second kappa shape index (κ2) is 4.87. The summed E-state index contributed by atoms with van der Waals surface area (Å²) in [5.41, 5.74) is 5.42. The molecular formula is C14H27NO2. The molecule has 2 aliphatic rings. The lowest BCUT2D eigenvalue weighted by molar-refractivity contribution is -0.117. The fraction of sp³-hybridized carbons (Fsp3) is 1.00. The molecule has 2 fully saturated rings. The SMILES string of the molecule is CC(C)C1CCCC(O)(C2(N)CCOCC2)C1. The molecule has 1 saturated heterocycles. The third-order valence-electron chi connectivity index (χ3n) is 5.02. The Morgan fingerprint density at radius 3 is 2.47 bits per heavy atom. The van der Waals surface area contributed by atoms with Gasteiger partial charge in [0.1, 0.15) is 0 Å². The highest BCUT2D eigenvalue weighted by molar-refractivity contribution is 5.07. The van der Waals surface area contributed by atoms with E-state index in [0.29, 0.717) is 25.0 Å². The molecule has 17 heavy (non-hydrogen) atoms. The summed E-state index contributed by atoms with van der Waals surface area (Å²) in [5, 5.41) is 11.0. The Morgan fingerprint density at radius 2 is 1.88 bits per heavy atom. The van der Waals surface area contributed by atoms with Crippen molar-refractivity contribution in [2.45, 2.75) is 63.5 Å². The number of aliphatic hydroxyl groups is 1. The standard InChI is InChI=1S/C14H27NO2/c1-11(2)12-4-3-5-14(16,10-12)13(15)6-8-17-9-7-13/h11-12,16H,3-10,15H2,1-2H3. The van der Waals surface area contributed by atoms with Crippen LogP contribution in [0.5, 0.6) is 0 Å². The first-order chi connectivity index (χ1) is 7.97. The first kappa shape index (κ1) is 13.3. The molecule has 1 aliphatic carbocycles. The van der Waals surface area contributed by atoms with E-state index in [9.17, 15) is 5.11 Å². The molecule has 1 aliphatic heterocycles. The average molecular weight is 241 g/mol. The van der Waals surface area contributed by atoms with E-state index < -0.39 is 11.1 Å². The molecule has 100 valence electrons. The fourth-order valence-electron chi connectivity index (χ4n) is 3.52. The maximum Gasteiger partial charge on any atom is 0.0830 e. The van der Waals surface area contributed by atoms with Crippen LogP contribution in [-0.2, 0) is 4.74 Å². The van der Waals surface area contributed by atoms with Gasteiger partial charge in [0.25, 0.3) is 0 Å². The van der Waals surface area contributed by atoms with E-state index in [-0.39, 0.29) is 0 Å². The van der Waals surface area contributed by atoms with Crippen LogP contribution in [0.3, 0.4) is 0 Å². The molecule has 1 heterocycles. The van der Waals surface area contributed by atoms with Gasteiger partial charge in [0.2, 0.25) is 0 Å². The predicted molar refractivity (Wildman–Crippen MR) is 68.7 cm³/mol. The molecule has 0 spiro atoms. The van der Waals surface area contributed by atoms with Crippen LogP contribution in [0.25, 0.3) is 0 Å². The highest BCUT2D eigenvalue weighted by Gasteiger charge is 2.50. The smallest absolute Gasteiger partial charge is 0.0830 e. The molecule has 2 unspecified atom stereocenters. The van der Waals surface area contributed by atoms with Crippen LogP contribution in [0, 0.1) is 11.8 Å². The Balaban J connectivity index is 2.11. The van der Waals surface area contributed by atoms with Gasteiger partial charge in [0.05, 0.1) is 5.60 Å². The first-order valence-corrected chi connectivity index (χ1v) is 7.06. The third kappa shape index (κ3) is 2.51. The van der Waals surface area contributed by atoms with Gasteiger partial charge in [-0.2, -0.15) is 0 Å². The maximum atomic E-state index is 11.0. The minimum Gasteiger partial charge on any atom is -0.388 e. The normalized spacial score (nSPS) is 38.3. The van der Waals surface area contributed by atoms with Crippen molar-refractivity contribution in [2.24, 2.45) is 17.6 Å². The van der Waals surface area contributed by atoms with Crippen LogP contribution >= 0.6 is 0 Å². The van der Waals surface area contributed by atoms with E-state index in [4.69, 9.17) is 10.5 Å². The Morgan fingerprint density at radius 1 is 1.24 bits per heavy atom. The van der Waals surface area contributed by atoms with Gasteiger partial charge in [0.15, 0.2) is 0 Å². The van der Waals surface area contributed by atoms with Crippen molar-refractivity contribution in [2.75, 3.05) is 13.2 Å². The van der Waals surface area contributed by atoms with Crippen LogP contribution in [0.4, 0.5) is 0 Å². The van der Waals surface area contributed by atoms with Crippen molar-refractivity contribution in [1.82, 2.24) is 0 Å². The molecule has 3 nitrogen and oxygen atoms in total. The number of nitrogens with two attached hydrogens (primary N) is 1. The van der Waals surface area contributed by atoms with E-state index in [0.717, 1.165) is 32.1 Å². The highest BCUT2D eigenvalue weighted by Crippen LogP contribution is 2.44. The zero-order chi connectivity index (χ0) is 12.5. The number of rotatable bonds is 2. The topological polar surface area (TPSA) is 55.5 Å². The molecule has 3 N–H and O–H groups in total. The van der Waals surface area contributed by atoms with Gasteiger partial charge in [-0.1, -0.05) is 20.3 Å². The number of hydrogen-bond donors (Lipinski definition) is 2. The molecule has 1 saturated carbocycles. The van der Waals surface area contributed by atoms with Gasteiger partial charge in [0, 0.05) is 18.8 Å². The Labute approximate surface area is 105 Å². The molecule has 2 atom stereocenters. The summed E-state index contributed by atoms with van der Waals surface area (Å²) in [6.45, 7) is 5.91. The minimum absolute atomic E-state index is 0.418. The van der Waals surface area contributed by atoms with Gasteiger partial charge in [-0.05, 0) is 43.9 Å². The largest absolute Gasteiger partial charge is 0.388 e. The first-order valence-electron chi connectivity index (χ1n) is 7.06. The predicted octanol–water partition coefficient (Wildman–Crippen LogP) is 2.07. The highest BCUT2D eigenvalue weighted by atomic mass is 16.5. The van der Waals surface area contributed by atoms with Gasteiger partial charge >= 0.3 is 0 Å². The van der Waals surface area contributed by atoms with E-state index in [2.05, 4.69) is 13.8 Å². The second-order valence-electron chi connectivity index (χ2n) is 6.40. The van der Waals surface area contributed by atoms with Crippen molar-refractivity contribution in [1.29, 1.82) is 0 Å². The quantitative estimate of drug-likeness (QED) is 0.778. The Hall–Kier alpha value is -0.120. The lowest BCUT2D eigenvalue weighted by Gasteiger charge is -2.51. The van der Waals surface area contributed by atoms with Crippen LogP contribution in [0.15, 0.2) is 0 Å². The van der Waals surface area contributed by atoms with Crippen LogP contribution in [-0.4, -0.2) is 29.5 Å². The molecule has 0 aromatic rings. The maximum absolute atomic E-state index is 11.0. The van der Waals surface area contributed by atoms with Gasteiger partial charge in [-0.25, -0.2) is 0 Å². The summed E-state index contributed by atoms with van der Waals surface area (Å²) in [6.07, 6.45) is 5.70. The summed E-state index contributed by atoms with van der Waals surface area (Å²) in [4.78, 5) is 0. The summed E-state index contributed by atoms with van der Waals surface area (Å²) in [5.74, 6) is 1.27. The van der Waals surface area contributed by atoms with Crippen LogP contribution in [0.2, 0.25) is 0 Å². The van der Waals surface area contributed by atoms with E-state index in [1.54, 1.807) is 0 Å². The summed E-state index contributed by atoms with van der Waals surface area (Å²) in [7, 11) is 0. The number of ether oxygens (including phenoxy) is 1. The van der Waals surface area contributed by atoms with Gasteiger partial charge in [-0.15, -0.1) is 0 Å². The minimum atomic E-state index is -0.663. The van der Waals surface area contributed by atoms with Crippen molar-refractivity contribution in [3.8, 4) is 0 Å². The van der Waals surface area contributed by atoms with Crippen LogP contribution in [0.1, 0.15) is 52.4 Å². The molecule has 0 aromatic heterocycles. The molecule has 0 aromatic carbocycles. The molecule has 2 rings (SSSR count). The van der Waals surface area contributed by atoms with Crippen molar-refractivity contribution < 1.29 is 9.84 Å². The lowest BCUT2D eigenvalue weighted by atomic mass is 9.63. The Bertz CT molecular complexity index is 261. The Kier molecular flexibility index (Phi) is 3.81. The van der Waals surface area contributed by atoms with Crippen LogP contribution < -0.4 is 5.73 Å². The molecular weight excluding hydrogens is 214 g/mol. The van der Waals surface area contributed by atoms with E-state index in [1.807, 2.05) is 0 Å². The van der Waals surface area contributed by atoms with Crippen molar-refractivity contribution >= 4 is 0 Å². The summed E-state index contributed by atoms with van der Waals surface area (Å²) >= 11 is 0. The van der Waals surface area contributed by atoms with Crippen molar-refractivity contribution in [3.05, 3.63) is 0 Å². The molecule has 3 heteroatoms. The molecule has 0 bridgehead atoms. The lowest BCUT2D eigenvalue weighted by Crippen LogP contribution is -2.64. The number of hydrogen-bond acceptors (Lipinski definition) is 3.